The van der Waals surface area contributed by atoms with Crippen molar-refractivity contribution in [3.63, 3.8) is 0 Å². The van der Waals surface area contributed by atoms with Crippen molar-refractivity contribution in [3.05, 3.63) is 30.1 Å². The molecule has 2 aliphatic heterocycles. The summed E-state index contributed by atoms with van der Waals surface area (Å²) in [5.41, 5.74) is 2.00. The Labute approximate surface area is 149 Å². The third-order valence-electron chi connectivity index (χ3n) is 5.30. The van der Waals surface area contributed by atoms with Crippen LogP contribution in [0.3, 0.4) is 0 Å². The third kappa shape index (κ3) is 3.45. The number of hydrogen-bond donors (Lipinski definition) is 1. The van der Waals surface area contributed by atoms with Crippen molar-refractivity contribution in [2.24, 2.45) is 5.92 Å². The van der Waals surface area contributed by atoms with E-state index in [9.17, 15) is 8.42 Å². The Morgan fingerprint density at radius 1 is 1.16 bits per heavy atom. The van der Waals surface area contributed by atoms with E-state index in [4.69, 9.17) is 0 Å². The number of benzene rings is 1. The molecule has 0 radical (unpaired) electrons. The zero-order chi connectivity index (χ0) is 17.6. The van der Waals surface area contributed by atoms with Gasteiger partial charge in [-0.2, -0.15) is 0 Å². The maximum absolute atomic E-state index is 12.3. The first-order valence-electron chi connectivity index (χ1n) is 9.03. The van der Waals surface area contributed by atoms with Gasteiger partial charge in [-0.05, 0) is 18.1 Å². The van der Waals surface area contributed by atoms with Crippen LogP contribution in [0.4, 0.5) is 0 Å². The monoisotopic (exact) mass is 362 g/mol. The molecule has 6 nitrogen and oxygen atoms in total. The molecule has 2 aromatic rings. The molecule has 0 aliphatic carbocycles. The molecule has 0 saturated carbocycles. The molecule has 1 N–H and O–H groups in total. The second-order valence-electron chi connectivity index (χ2n) is 7.77. The van der Waals surface area contributed by atoms with Crippen LogP contribution < -0.4 is 0 Å². The zero-order valence-corrected chi connectivity index (χ0v) is 15.7. The molecular weight excluding hydrogens is 336 g/mol. The van der Waals surface area contributed by atoms with Crippen LogP contribution in [0.25, 0.3) is 11.0 Å². The molecule has 1 aromatic carbocycles. The van der Waals surface area contributed by atoms with Crippen LogP contribution in [-0.2, 0) is 16.4 Å². The standard InChI is InChI=1S/C18H26N4O2S/c1-13(2)9-21-7-8-22(17-12-25(23,24)11-16(17)21)10-18-19-14-5-3-4-6-15(14)20-18/h3-6,13,16-17H,7-12H2,1-2H3,(H,19,20)/t16-,17+/m1/s1. The molecule has 7 heteroatoms. The number of aromatic nitrogens is 2. The summed E-state index contributed by atoms with van der Waals surface area (Å²) >= 11 is 0. The molecule has 2 saturated heterocycles. The summed E-state index contributed by atoms with van der Waals surface area (Å²) in [6.07, 6.45) is 0. The Kier molecular flexibility index (Phi) is 4.33. The number of nitrogens with zero attached hydrogens (tertiary/aromatic N) is 3. The summed E-state index contributed by atoms with van der Waals surface area (Å²) < 4.78 is 24.6. The highest BCUT2D eigenvalue weighted by Crippen LogP contribution is 2.28. The molecule has 136 valence electrons. The number of H-pyrrole nitrogens is 1. The highest BCUT2D eigenvalue weighted by atomic mass is 32.2. The second-order valence-corrected chi connectivity index (χ2v) is 9.93. The van der Waals surface area contributed by atoms with Crippen molar-refractivity contribution < 1.29 is 8.42 Å². The van der Waals surface area contributed by atoms with Crippen LogP contribution in [0.5, 0.6) is 0 Å². The van der Waals surface area contributed by atoms with E-state index in [1.807, 2.05) is 24.3 Å². The van der Waals surface area contributed by atoms with Gasteiger partial charge in [-0.25, -0.2) is 13.4 Å². The van der Waals surface area contributed by atoms with Crippen LogP contribution in [-0.4, -0.2) is 71.4 Å². The highest BCUT2D eigenvalue weighted by Gasteiger charge is 2.46. The first-order valence-corrected chi connectivity index (χ1v) is 10.9. The van der Waals surface area contributed by atoms with Crippen molar-refractivity contribution in [3.8, 4) is 0 Å². The smallest absolute Gasteiger partial charge is 0.153 e. The number of imidazole rings is 1. The van der Waals surface area contributed by atoms with Crippen LogP contribution >= 0.6 is 0 Å². The van der Waals surface area contributed by atoms with Gasteiger partial charge in [0.1, 0.15) is 5.82 Å². The fourth-order valence-corrected chi connectivity index (χ4v) is 6.30. The van der Waals surface area contributed by atoms with Crippen LogP contribution in [0.1, 0.15) is 19.7 Å². The molecule has 1 aromatic heterocycles. The fraction of sp³-hybridized carbons (Fsp3) is 0.611. The van der Waals surface area contributed by atoms with E-state index in [-0.39, 0.29) is 17.8 Å². The van der Waals surface area contributed by atoms with Gasteiger partial charge < -0.3 is 4.98 Å². The van der Waals surface area contributed by atoms with Crippen LogP contribution in [0, 0.1) is 5.92 Å². The second kappa shape index (κ2) is 6.37. The number of hydrogen-bond acceptors (Lipinski definition) is 5. The predicted octanol–water partition coefficient (Wildman–Crippen LogP) is 1.50. The van der Waals surface area contributed by atoms with Gasteiger partial charge in [-0.1, -0.05) is 26.0 Å². The average molecular weight is 362 g/mol. The lowest BCUT2D eigenvalue weighted by molar-refractivity contribution is 0.0325. The summed E-state index contributed by atoms with van der Waals surface area (Å²) in [7, 11) is -2.96. The summed E-state index contributed by atoms with van der Waals surface area (Å²) in [5, 5.41) is 0. The van der Waals surface area contributed by atoms with E-state index >= 15 is 0 Å². The van der Waals surface area contributed by atoms with Gasteiger partial charge in [0.2, 0.25) is 0 Å². The van der Waals surface area contributed by atoms with Crippen molar-refractivity contribution in [2.45, 2.75) is 32.5 Å². The Balaban J connectivity index is 1.56. The topological polar surface area (TPSA) is 69.3 Å². The van der Waals surface area contributed by atoms with E-state index in [0.29, 0.717) is 18.2 Å². The number of nitrogens with one attached hydrogen (secondary N) is 1. The molecule has 2 aliphatic rings. The fourth-order valence-electron chi connectivity index (χ4n) is 4.26. The molecule has 2 fully saturated rings. The number of piperazine rings is 1. The first-order chi connectivity index (χ1) is 11.9. The SMILES string of the molecule is CC(C)CN1CCN(Cc2nc3ccccc3[nH]2)[C@H]2CS(=O)(=O)C[C@H]21. The van der Waals surface area contributed by atoms with E-state index in [1.165, 1.54) is 0 Å². The lowest BCUT2D eigenvalue weighted by atomic mass is 10.0. The lowest BCUT2D eigenvalue weighted by Crippen LogP contribution is -2.59. The minimum atomic E-state index is -2.96. The highest BCUT2D eigenvalue weighted by molar-refractivity contribution is 7.91. The Morgan fingerprint density at radius 2 is 1.84 bits per heavy atom. The minimum Gasteiger partial charge on any atom is -0.341 e. The van der Waals surface area contributed by atoms with Crippen LogP contribution in [0.2, 0.25) is 0 Å². The molecule has 0 bridgehead atoms. The Bertz CT molecular complexity index is 828. The van der Waals surface area contributed by atoms with Gasteiger partial charge in [0.15, 0.2) is 9.84 Å². The van der Waals surface area contributed by atoms with Crippen molar-refractivity contribution in [1.82, 2.24) is 19.8 Å². The normalized spacial score (nSPS) is 27.2. The Morgan fingerprint density at radius 3 is 2.56 bits per heavy atom. The number of sulfone groups is 1. The van der Waals surface area contributed by atoms with Crippen molar-refractivity contribution in [1.29, 1.82) is 0 Å². The predicted molar refractivity (Wildman–Crippen MR) is 99.1 cm³/mol. The van der Waals surface area contributed by atoms with Gasteiger partial charge >= 0.3 is 0 Å². The van der Waals surface area contributed by atoms with Gasteiger partial charge in [-0.3, -0.25) is 9.80 Å². The van der Waals surface area contributed by atoms with E-state index in [1.54, 1.807) is 0 Å². The van der Waals surface area contributed by atoms with Gasteiger partial charge in [0.25, 0.3) is 0 Å². The van der Waals surface area contributed by atoms with E-state index < -0.39 is 9.84 Å². The molecule has 0 unspecified atom stereocenters. The van der Waals surface area contributed by atoms with Gasteiger partial charge in [0.05, 0.1) is 29.1 Å². The van der Waals surface area contributed by atoms with Crippen LogP contribution in [0.15, 0.2) is 24.3 Å². The quantitative estimate of drug-likeness (QED) is 0.893. The molecule has 4 rings (SSSR count). The maximum atomic E-state index is 12.3. The van der Waals surface area contributed by atoms with E-state index in [0.717, 1.165) is 36.5 Å². The number of fused-ring (bicyclic) bond motifs is 2. The largest absolute Gasteiger partial charge is 0.341 e. The Hall–Kier alpha value is -1.44. The van der Waals surface area contributed by atoms with Gasteiger partial charge in [-0.15, -0.1) is 0 Å². The third-order valence-corrected chi connectivity index (χ3v) is 7.00. The molecule has 0 amide bonds. The number of para-hydroxylation sites is 2. The number of aromatic amines is 1. The average Bonchev–Trinajstić information content (AvgIpc) is 3.08. The van der Waals surface area contributed by atoms with Gasteiger partial charge in [0, 0.05) is 31.7 Å². The molecule has 0 spiro atoms. The first kappa shape index (κ1) is 17.0. The van der Waals surface area contributed by atoms with Crippen molar-refractivity contribution >= 4 is 20.9 Å². The number of rotatable bonds is 4. The molecule has 25 heavy (non-hydrogen) atoms. The van der Waals surface area contributed by atoms with Crippen molar-refractivity contribution in [2.75, 3.05) is 31.1 Å². The zero-order valence-electron chi connectivity index (χ0n) is 14.9. The molecule has 2 atom stereocenters. The maximum Gasteiger partial charge on any atom is 0.153 e. The summed E-state index contributed by atoms with van der Waals surface area (Å²) in [6, 6.07) is 8.19. The molecular formula is C18H26N4O2S. The summed E-state index contributed by atoms with van der Waals surface area (Å²) in [6.45, 7) is 7.85. The summed E-state index contributed by atoms with van der Waals surface area (Å²) in [5.74, 6) is 2.03. The summed E-state index contributed by atoms with van der Waals surface area (Å²) in [4.78, 5) is 12.7. The molecule has 3 heterocycles. The van der Waals surface area contributed by atoms with E-state index in [2.05, 4.69) is 33.6 Å². The minimum absolute atomic E-state index is 0.0747. The lowest BCUT2D eigenvalue weighted by Gasteiger charge is -2.44.